The molecule has 0 radical (unpaired) electrons. The fraction of sp³-hybridized carbons (Fsp3) is 0.444. The van der Waals surface area contributed by atoms with Crippen LogP contribution in [0.4, 0.5) is 0 Å². The van der Waals surface area contributed by atoms with Gasteiger partial charge in [0.2, 0.25) is 0 Å². The zero-order valence-corrected chi connectivity index (χ0v) is 7.34. The molecule has 0 spiro atoms. The van der Waals surface area contributed by atoms with Gasteiger partial charge in [0.15, 0.2) is 0 Å². The fourth-order valence-corrected chi connectivity index (χ4v) is 2.54. The van der Waals surface area contributed by atoms with E-state index in [1.165, 1.54) is 0 Å². The predicted octanol–water partition coefficient (Wildman–Crippen LogP) is 1.66. The number of rotatable bonds is 1. The van der Waals surface area contributed by atoms with Crippen LogP contribution in [0.1, 0.15) is 17.7 Å². The highest BCUT2D eigenvalue weighted by Gasteiger charge is 2.46. The van der Waals surface area contributed by atoms with Crippen molar-refractivity contribution in [3.05, 3.63) is 22.4 Å². The van der Waals surface area contributed by atoms with E-state index in [9.17, 15) is 0 Å². The molecule has 0 saturated heterocycles. The van der Waals surface area contributed by atoms with Gasteiger partial charge in [-0.15, -0.1) is 11.3 Å². The molecule has 2 rings (SSSR count). The zero-order valence-electron chi connectivity index (χ0n) is 6.53. The van der Waals surface area contributed by atoms with Gasteiger partial charge in [0, 0.05) is 4.88 Å². The first-order valence-electron chi connectivity index (χ1n) is 3.90. The van der Waals surface area contributed by atoms with Crippen molar-refractivity contribution in [3.8, 4) is 6.07 Å². The van der Waals surface area contributed by atoms with Crippen molar-refractivity contribution in [3.63, 3.8) is 0 Å². The quantitative estimate of drug-likeness (QED) is 0.712. The smallest absolute Gasteiger partial charge is 0.0963 e. The second-order valence-electron chi connectivity index (χ2n) is 3.23. The third kappa shape index (κ3) is 0.961. The lowest BCUT2D eigenvalue weighted by molar-refractivity contribution is 0.0463. The summed E-state index contributed by atoms with van der Waals surface area (Å²) >= 11 is 1.60. The highest BCUT2D eigenvalue weighted by Crippen LogP contribution is 2.44. The maximum atomic E-state index is 9.17. The van der Waals surface area contributed by atoms with Crippen LogP contribution in [0.25, 0.3) is 0 Å². The minimum Gasteiger partial charge on any atom is -0.393 e. The largest absolute Gasteiger partial charge is 0.393 e. The molecule has 62 valence electrons. The Morgan fingerprint density at radius 2 is 2.42 bits per heavy atom. The monoisotopic (exact) mass is 179 g/mol. The summed E-state index contributed by atoms with van der Waals surface area (Å²) in [5.74, 6) is 0. The lowest BCUT2D eigenvalue weighted by Crippen LogP contribution is -2.42. The highest BCUT2D eigenvalue weighted by atomic mass is 32.1. The zero-order chi connectivity index (χ0) is 8.60. The van der Waals surface area contributed by atoms with Gasteiger partial charge < -0.3 is 5.11 Å². The molecule has 3 heteroatoms. The Kier molecular flexibility index (Phi) is 1.67. The Bertz CT molecular complexity index is 306. The Hall–Kier alpha value is -0.850. The van der Waals surface area contributed by atoms with E-state index in [2.05, 4.69) is 6.07 Å². The van der Waals surface area contributed by atoms with Crippen LogP contribution in [0, 0.1) is 11.3 Å². The average molecular weight is 179 g/mol. The molecule has 0 atom stereocenters. The van der Waals surface area contributed by atoms with Crippen LogP contribution in [0.3, 0.4) is 0 Å². The van der Waals surface area contributed by atoms with Crippen molar-refractivity contribution in [1.82, 2.24) is 0 Å². The van der Waals surface area contributed by atoms with Gasteiger partial charge in [-0.05, 0) is 24.3 Å². The summed E-state index contributed by atoms with van der Waals surface area (Å²) in [6, 6.07) is 6.22. The third-order valence-electron chi connectivity index (χ3n) is 2.38. The molecule has 1 aliphatic carbocycles. The van der Waals surface area contributed by atoms with Gasteiger partial charge in [-0.2, -0.15) is 5.26 Å². The lowest BCUT2D eigenvalue weighted by atomic mass is 9.67. The molecule has 12 heavy (non-hydrogen) atoms. The number of hydrogen-bond acceptors (Lipinski definition) is 3. The summed E-state index contributed by atoms with van der Waals surface area (Å²) in [4.78, 5) is 1.09. The lowest BCUT2D eigenvalue weighted by Gasteiger charge is -2.38. The predicted molar refractivity (Wildman–Crippen MR) is 46.9 cm³/mol. The Balaban J connectivity index is 2.28. The van der Waals surface area contributed by atoms with Crippen molar-refractivity contribution in [2.24, 2.45) is 0 Å². The highest BCUT2D eigenvalue weighted by molar-refractivity contribution is 7.10. The third-order valence-corrected chi connectivity index (χ3v) is 3.45. The molecule has 1 fully saturated rings. The van der Waals surface area contributed by atoms with Crippen LogP contribution in [-0.4, -0.2) is 11.2 Å². The van der Waals surface area contributed by atoms with Crippen molar-refractivity contribution >= 4 is 11.3 Å². The Morgan fingerprint density at radius 1 is 1.67 bits per heavy atom. The molecule has 1 heterocycles. The molecule has 1 saturated carbocycles. The second kappa shape index (κ2) is 2.58. The molecule has 0 bridgehead atoms. The molecule has 0 aliphatic heterocycles. The molecule has 1 N–H and O–H groups in total. The Morgan fingerprint density at radius 3 is 2.83 bits per heavy atom. The van der Waals surface area contributed by atoms with Gasteiger partial charge in [-0.25, -0.2) is 0 Å². The molecule has 1 aliphatic rings. The van der Waals surface area contributed by atoms with Crippen molar-refractivity contribution in [2.75, 3.05) is 0 Å². The topological polar surface area (TPSA) is 44.0 Å². The molecule has 0 amide bonds. The fourth-order valence-electron chi connectivity index (χ4n) is 1.64. The summed E-state index contributed by atoms with van der Waals surface area (Å²) in [6.45, 7) is 0. The minimum atomic E-state index is -0.367. The minimum absolute atomic E-state index is 0.272. The van der Waals surface area contributed by atoms with Crippen molar-refractivity contribution in [1.29, 1.82) is 5.26 Å². The maximum Gasteiger partial charge on any atom is 0.0963 e. The van der Waals surface area contributed by atoms with E-state index in [0.29, 0.717) is 12.8 Å². The van der Waals surface area contributed by atoms with Crippen LogP contribution >= 0.6 is 11.3 Å². The van der Waals surface area contributed by atoms with Gasteiger partial charge >= 0.3 is 0 Å². The van der Waals surface area contributed by atoms with Crippen LogP contribution in [0.15, 0.2) is 17.5 Å². The standard InChI is InChI=1S/C9H9NOS/c10-6-9(4-7(11)5-9)8-2-1-3-12-8/h1-3,7,11H,4-5H2. The molecule has 2 nitrogen and oxygen atoms in total. The van der Waals surface area contributed by atoms with E-state index in [0.717, 1.165) is 4.88 Å². The number of nitrogens with zero attached hydrogens (tertiary/aromatic N) is 1. The van der Waals surface area contributed by atoms with E-state index in [1.807, 2.05) is 17.5 Å². The number of hydrogen-bond donors (Lipinski definition) is 1. The maximum absolute atomic E-state index is 9.17. The Labute approximate surface area is 75.1 Å². The SMILES string of the molecule is N#CC1(c2cccs2)CC(O)C1. The number of nitriles is 1. The molecular formula is C9H9NOS. The van der Waals surface area contributed by atoms with Crippen LogP contribution in [-0.2, 0) is 5.41 Å². The van der Waals surface area contributed by atoms with Crippen LogP contribution in [0.5, 0.6) is 0 Å². The molecule has 1 aromatic rings. The number of aliphatic hydroxyl groups excluding tert-OH is 1. The number of thiophene rings is 1. The summed E-state index contributed by atoms with van der Waals surface area (Å²) in [5, 5.41) is 20.1. The van der Waals surface area contributed by atoms with Gasteiger partial charge in [0.25, 0.3) is 0 Å². The second-order valence-corrected chi connectivity index (χ2v) is 4.18. The van der Waals surface area contributed by atoms with E-state index in [1.54, 1.807) is 11.3 Å². The first-order chi connectivity index (χ1) is 5.77. The van der Waals surface area contributed by atoms with E-state index in [4.69, 9.17) is 10.4 Å². The van der Waals surface area contributed by atoms with Gasteiger partial charge in [-0.3, -0.25) is 0 Å². The first-order valence-corrected chi connectivity index (χ1v) is 4.78. The molecular weight excluding hydrogens is 170 g/mol. The summed E-state index contributed by atoms with van der Waals surface area (Å²) in [6.07, 6.45) is 0.931. The van der Waals surface area contributed by atoms with Crippen LogP contribution in [0.2, 0.25) is 0 Å². The normalized spacial score (nSPS) is 33.8. The summed E-state index contributed by atoms with van der Waals surface area (Å²) < 4.78 is 0. The summed E-state index contributed by atoms with van der Waals surface area (Å²) in [5.41, 5.74) is -0.367. The van der Waals surface area contributed by atoms with Gasteiger partial charge in [0.1, 0.15) is 0 Å². The van der Waals surface area contributed by atoms with E-state index < -0.39 is 0 Å². The van der Waals surface area contributed by atoms with Gasteiger partial charge in [0.05, 0.1) is 17.6 Å². The van der Waals surface area contributed by atoms with Crippen molar-refractivity contribution in [2.45, 2.75) is 24.4 Å². The number of aliphatic hydroxyl groups is 1. The van der Waals surface area contributed by atoms with E-state index in [-0.39, 0.29) is 11.5 Å². The van der Waals surface area contributed by atoms with Crippen molar-refractivity contribution < 1.29 is 5.11 Å². The molecule has 0 unspecified atom stereocenters. The first kappa shape index (κ1) is 7.78. The molecule has 1 aromatic heterocycles. The van der Waals surface area contributed by atoms with Crippen LogP contribution < -0.4 is 0 Å². The average Bonchev–Trinajstić information content (AvgIpc) is 2.50. The van der Waals surface area contributed by atoms with Gasteiger partial charge in [-0.1, -0.05) is 6.07 Å². The summed E-state index contributed by atoms with van der Waals surface area (Å²) in [7, 11) is 0. The molecule has 0 aromatic carbocycles. The van der Waals surface area contributed by atoms with E-state index >= 15 is 0 Å².